The van der Waals surface area contributed by atoms with E-state index in [1.807, 2.05) is 25.1 Å². The molecule has 3 N–H and O–H groups in total. The van der Waals surface area contributed by atoms with Gasteiger partial charge in [0.05, 0.1) is 12.7 Å². The summed E-state index contributed by atoms with van der Waals surface area (Å²) in [5.74, 6) is 0.501. The van der Waals surface area contributed by atoms with Crippen LogP contribution in [0.4, 0.5) is 5.69 Å². The van der Waals surface area contributed by atoms with Crippen molar-refractivity contribution in [2.45, 2.75) is 6.92 Å². The number of nitrogens with zero attached hydrogens (tertiary/aromatic N) is 1. The Hall–Kier alpha value is -3.91. The highest BCUT2D eigenvalue weighted by atomic mass is 32.1. The van der Waals surface area contributed by atoms with Crippen molar-refractivity contribution in [2.75, 3.05) is 12.4 Å². The van der Waals surface area contributed by atoms with Gasteiger partial charge in [0.15, 0.2) is 10.7 Å². The molecule has 0 spiro atoms. The molecule has 0 bridgehead atoms. The number of carbonyl (C=O) groups excluding carboxylic acids is 1. The Morgan fingerprint density at radius 1 is 1.13 bits per heavy atom. The Morgan fingerprint density at radius 2 is 1.97 bits per heavy atom. The van der Waals surface area contributed by atoms with E-state index in [0.717, 1.165) is 5.56 Å². The zero-order valence-electron chi connectivity index (χ0n) is 16.8. The largest absolute Gasteiger partial charge is 0.507 e. The number of nitrogens with one attached hydrogen (secondary N) is 2. The van der Waals surface area contributed by atoms with Crippen molar-refractivity contribution < 1.29 is 19.1 Å². The summed E-state index contributed by atoms with van der Waals surface area (Å²) in [5.41, 5.74) is 3.75. The molecular weight excluding hydrogens is 414 g/mol. The van der Waals surface area contributed by atoms with Gasteiger partial charge in [-0.3, -0.25) is 10.1 Å². The van der Waals surface area contributed by atoms with Gasteiger partial charge in [-0.15, -0.1) is 0 Å². The van der Waals surface area contributed by atoms with Crippen molar-refractivity contribution in [2.24, 2.45) is 0 Å². The Labute approximate surface area is 183 Å². The van der Waals surface area contributed by atoms with Crippen molar-refractivity contribution >= 4 is 40.0 Å². The Kier molecular flexibility index (Phi) is 5.55. The Balaban J connectivity index is 1.52. The van der Waals surface area contributed by atoms with Crippen LogP contribution >= 0.6 is 12.2 Å². The first-order valence-electron chi connectivity index (χ1n) is 9.40. The molecule has 1 heterocycles. The average molecular weight is 433 g/mol. The number of aryl methyl sites for hydroxylation is 1. The number of rotatable bonds is 4. The van der Waals surface area contributed by atoms with Gasteiger partial charge in [-0.2, -0.15) is 0 Å². The van der Waals surface area contributed by atoms with Crippen LogP contribution < -0.4 is 15.4 Å². The number of ether oxygens (including phenoxy) is 1. The summed E-state index contributed by atoms with van der Waals surface area (Å²) in [5, 5.41) is 16.0. The number of hydrogen-bond acceptors (Lipinski definition) is 6. The van der Waals surface area contributed by atoms with Gasteiger partial charge in [0.2, 0.25) is 5.89 Å². The number of phenolic OH excluding ortho intramolecular Hbond substituents is 1. The molecule has 8 heteroatoms. The van der Waals surface area contributed by atoms with E-state index in [1.165, 1.54) is 13.2 Å². The van der Waals surface area contributed by atoms with Crippen LogP contribution in [0.1, 0.15) is 15.9 Å². The number of aromatic nitrogens is 1. The van der Waals surface area contributed by atoms with Crippen LogP contribution in [0.25, 0.3) is 22.6 Å². The summed E-state index contributed by atoms with van der Waals surface area (Å²) >= 11 is 5.26. The predicted molar refractivity (Wildman–Crippen MR) is 123 cm³/mol. The fraction of sp³-hybridized carbons (Fsp3) is 0.0870. The minimum absolute atomic E-state index is 0.0140. The van der Waals surface area contributed by atoms with Gasteiger partial charge in [0, 0.05) is 11.3 Å². The number of benzene rings is 3. The van der Waals surface area contributed by atoms with Gasteiger partial charge in [0.25, 0.3) is 5.91 Å². The SMILES string of the molecule is COc1cccc(C(=O)NC(=S)Nc2ccc(O)c(-c3nc4ccc(C)cc4o3)c2)c1. The van der Waals surface area contributed by atoms with E-state index in [9.17, 15) is 9.90 Å². The normalized spacial score (nSPS) is 10.6. The van der Waals surface area contributed by atoms with Gasteiger partial charge in [-0.25, -0.2) is 4.98 Å². The van der Waals surface area contributed by atoms with Gasteiger partial charge >= 0.3 is 0 Å². The molecule has 0 saturated heterocycles. The molecule has 4 aromatic rings. The van der Waals surface area contributed by atoms with E-state index in [2.05, 4.69) is 15.6 Å². The van der Waals surface area contributed by atoms with E-state index >= 15 is 0 Å². The number of anilines is 1. The monoisotopic (exact) mass is 433 g/mol. The summed E-state index contributed by atoms with van der Waals surface area (Å²) < 4.78 is 10.9. The van der Waals surface area contributed by atoms with Crippen molar-refractivity contribution in [3.8, 4) is 23.0 Å². The van der Waals surface area contributed by atoms with E-state index in [1.54, 1.807) is 36.4 Å². The number of fused-ring (bicyclic) bond motifs is 1. The highest BCUT2D eigenvalue weighted by Gasteiger charge is 2.15. The van der Waals surface area contributed by atoms with Crippen LogP contribution in [0, 0.1) is 6.92 Å². The molecule has 7 nitrogen and oxygen atoms in total. The fourth-order valence-electron chi connectivity index (χ4n) is 3.03. The van der Waals surface area contributed by atoms with Crippen LogP contribution in [0.2, 0.25) is 0 Å². The summed E-state index contributed by atoms with van der Waals surface area (Å²) in [7, 11) is 1.53. The first-order chi connectivity index (χ1) is 14.9. The van der Waals surface area contributed by atoms with Crippen LogP contribution in [-0.4, -0.2) is 28.2 Å². The molecule has 0 aliphatic heterocycles. The molecule has 0 saturated carbocycles. The van der Waals surface area contributed by atoms with Gasteiger partial charge in [-0.05, 0) is 73.2 Å². The number of thiocarbonyl (C=S) groups is 1. The van der Waals surface area contributed by atoms with E-state index < -0.39 is 0 Å². The Bertz CT molecular complexity index is 1300. The molecule has 1 aromatic heterocycles. The lowest BCUT2D eigenvalue weighted by molar-refractivity contribution is 0.0977. The molecule has 1 amide bonds. The number of oxazole rings is 1. The maximum atomic E-state index is 12.4. The molecule has 31 heavy (non-hydrogen) atoms. The first kappa shape index (κ1) is 20.4. The maximum Gasteiger partial charge on any atom is 0.257 e. The summed E-state index contributed by atoms with van der Waals surface area (Å²) in [4.78, 5) is 16.9. The number of phenols is 1. The summed E-state index contributed by atoms with van der Waals surface area (Å²) in [6.07, 6.45) is 0. The molecule has 0 radical (unpaired) electrons. The second-order valence-corrected chi connectivity index (χ2v) is 7.27. The lowest BCUT2D eigenvalue weighted by Gasteiger charge is -2.11. The van der Waals surface area contributed by atoms with E-state index in [4.69, 9.17) is 21.4 Å². The van der Waals surface area contributed by atoms with Gasteiger partial charge in [-0.1, -0.05) is 12.1 Å². The third-order valence-corrected chi connectivity index (χ3v) is 4.79. The van der Waals surface area contributed by atoms with Crippen LogP contribution in [0.15, 0.2) is 65.1 Å². The molecule has 0 aliphatic carbocycles. The number of hydrogen-bond donors (Lipinski definition) is 3. The number of methoxy groups -OCH3 is 1. The van der Waals surface area contributed by atoms with Gasteiger partial charge in [0.1, 0.15) is 17.0 Å². The quantitative estimate of drug-likeness (QED) is 0.319. The smallest absolute Gasteiger partial charge is 0.257 e. The molecule has 0 atom stereocenters. The second-order valence-electron chi connectivity index (χ2n) is 6.86. The van der Waals surface area contributed by atoms with E-state index in [0.29, 0.717) is 33.7 Å². The zero-order chi connectivity index (χ0) is 22.0. The number of amides is 1. The molecule has 156 valence electrons. The van der Waals surface area contributed by atoms with Crippen LogP contribution in [-0.2, 0) is 0 Å². The molecule has 3 aromatic carbocycles. The molecular formula is C23H19N3O4S. The van der Waals surface area contributed by atoms with Crippen LogP contribution in [0.3, 0.4) is 0 Å². The topological polar surface area (TPSA) is 96.6 Å². The third-order valence-electron chi connectivity index (χ3n) is 4.59. The maximum absolute atomic E-state index is 12.4. The lowest BCUT2D eigenvalue weighted by atomic mass is 10.1. The van der Waals surface area contributed by atoms with Crippen molar-refractivity contribution in [1.82, 2.24) is 10.3 Å². The van der Waals surface area contributed by atoms with Crippen LogP contribution in [0.5, 0.6) is 11.5 Å². The molecule has 0 unspecified atom stereocenters. The number of carbonyl (C=O) groups is 1. The average Bonchev–Trinajstić information content (AvgIpc) is 3.18. The Morgan fingerprint density at radius 3 is 2.77 bits per heavy atom. The summed E-state index contributed by atoms with van der Waals surface area (Å²) in [6.45, 7) is 1.96. The third kappa shape index (κ3) is 4.49. The van der Waals surface area contributed by atoms with Gasteiger partial charge < -0.3 is 19.6 Å². The van der Waals surface area contributed by atoms with Crippen molar-refractivity contribution in [3.63, 3.8) is 0 Å². The standard InChI is InChI=1S/C23H19N3O4S/c1-13-6-8-18-20(10-13)30-22(25-18)17-12-15(7-9-19(17)27)24-23(31)26-21(28)14-4-3-5-16(11-14)29-2/h3-12,27H,1-2H3,(H2,24,26,28,31). The molecule has 4 rings (SSSR count). The molecule has 0 fully saturated rings. The lowest BCUT2D eigenvalue weighted by Crippen LogP contribution is -2.34. The summed E-state index contributed by atoms with van der Waals surface area (Å²) in [6, 6.07) is 17.2. The van der Waals surface area contributed by atoms with Crippen molar-refractivity contribution in [1.29, 1.82) is 0 Å². The minimum Gasteiger partial charge on any atom is -0.507 e. The second kappa shape index (κ2) is 8.45. The highest BCUT2D eigenvalue weighted by molar-refractivity contribution is 7.80. The first-order valence-corrected chi connectivity index (χ1v) is 9.81. The fourth-order valence-corrected chi connectivity index (χ4v) is 3.24. The predicted octanol–water partition coefficient (Wildman–Crippen LogP) is 4.64. The number of aromatic hydroxyl groups is 1. The minimum atomic E-state index is -0.371. The zero-order valence-corrected chi connectivity index (χ0v) is 17.6. The van der Waals surface area contributed by atoms with E-state index in [-0.39, 0.29) is 22.7 Å². The molecule has 0 aliphatic rings. The van der Waals surface area contributed by atoms with Crippen molar-refractivity contribution in [3.05, 3.63) is 71.8 Å². The highest BCUT2D eigenvalue weighted by Crippen LogP contribution is 2.33.